The number of anilines is 1. The molecule has 7 heteroatoms. The van der Waals surface area contributed by atoms with Crippen LogP contribution in [0.25, 0.3) is 0 Å². The van der Waals surface area contributed by atoms with Gasteiger partial charge in [-0.15, -0.1) is 0 Å². The average molecular weight is 398 g/mol. The molecule has 4 rings (SSSR count). The minimum absolute atomic E-state index is 0.0372. The molecular formula is C21H22N2O4S. The first-order chi connectivity index (χ1) is 13.4. The van der Waals surface area contributed by atoms with Gasteiger partial charge in [-0.25, -0.2) is 4.79 Å². The Bertz CT molecular complexity index is 931. The molecule has 2 aliphatic heterocycles. The van der Waals surface area contributed by atoms with Crippen LogP contribution in [0.3, 0.4) is 0 Å². The maximum atomic E-state index is 11.9. The summed E-state index contributed by atoms with van der Waals surface area (Å²) < 4.78 is 16.8. The standard InChI is InChI=1S/C21H22N2O4S/c1-4-26-15-8-6-14(7-9-15)23-20(28)22-17-12-21(23,2)27-18-10-5-13(11-16(17)18)19(24)25-3/h5-11,17H,4,12H2,1-3H3,(H,22,28). The number of rotatable bonds is 4. The molecule has 1 saturated heterocycles. The molecule has 2 aromatic rings. The summed E-state index contributed by atoms with van der Waals surface area (Å²) in [6.07, 6.45) is 0.679. The van der Waals surface area contributed by atoms with Gasteiger partial charge in [0, 0.05) is 17.7 Å². The molecule has 0 saturated carbocycles. The Morgan fingerprint density at radius 1 is 1.32 bits per heavy atom. The monoisotopic (exact) mass is 398 g/mol. The molecule has 28 heavy (non-hydrogen) atoms. The van der Waals surface area contributed by atoms with Gasteiger partial charge in [0.1, 0.15) is 11.5 Å². The second-order valence-corrected chi connectivity index (χ2v) is 7.38. The Morgan fingerprint density at radius 3 is 2.75 bits per heavy atom. The second-order valence-electron chi connectivity index (χ2n) is 6.99. The minimum Gasteiger partial charge on any atom is -0.494 e. The molecule has 2 heterocycles. The molecule has 0 radical (unpaired) electrons. The highest BCUT2D eigenvalue weighted by Gasteiger charge is 2.48. The van der Waals surface area contributed by atoms with Crippen molar-refractivity contribution in [2.75, 3.05) is 18.6 Å². The van der Waals surface area contributed by atoms with Gasteiger partial charge < -0.3 is 19.5 Å². The molecule has 2 bridgehead atoms. The number of nitrogens with zero attached hydrogens (tertiary/aromatic N) is 1. The minimum atomic E-state index is -0.639. The van der Waals surface area contributed by atoms with Crippen LogP contribution in [0, 0.1) is 0 Å². The topological polar surface area (TPSA) is 60.0 Å². The predicted molar refractivity (Wildman–Crippen MR) is 110 cm³/mol. The zero-order valence-corrected chi connectivity index (χ0v) is 16.8. The van der Waals surface area contributed by atoms with Crippen LogP contribution in [0.5, 0.6) is 11.5 Å². The number of methoxy groups -OCH3 is 1. The van der Waals surface area contributed by atoms with Crippen LogP contribution in [0.2, 0.25) is 0 Å². The first kappa shape index (κ1) is 18.6. The Morgan fingerprint density at radius 2 is 2.07 bits per heavy atom. The van der Waals surface area contributed by atoms with Crippen molar-refractivity contribution in [3.05, 3.63) is 53.6 Å². The molecule has 0 spiro atoms. The van der Waals surface area contributed by atoms with E-state index in [1.54, 1.807) is 6.07 Å². The number of thiocarbonyl (C=S) groups is 1. The highest BCUT2D eigenvalue weighted by atomic mass is 32.1. The quantitative estimate of drug-likeness (QED) is 0.621. The normalized spacial score (nSPS) is 22.6. The van der Waals surface area contributed by atoms with Gasteiger partial charge in [-0.1, -0.05) is 0 Å². The van der Waals surface area contributed by atoms with Crippen molar-refractivity contribution in [3.63, 3.8) is 0 Å². The molecule has 0 amide bonds. The molecule has 2 aromatic carbocycles. The fourth-order valence-corrected chi connectivity index (χ4v) is 4.31. The number of carbonyl (C=O) groups excluding carboxylic acids is 1. The summed E-state index contributed by atoms with van der Waals surface area (Å²) in [6, 6.07) is 13.1. The highest BCUT2D eigenvalue weighted by molar-refractivity contribution is 7.80. The van der Waals surface area contributed by atoms with Crippen LogP contribution in [-0.4, -0.2) is 30.5 Å². The number of fused-ring (bicyclic) bond motifs is 4. The summed E-state index contributed by atoms with van der Waals surface area (Å²) >= 11 is 5.67. The van der Waals surface area contributed by atoms with E-state index in [9.17, 15) is 4.79 Å². The summed E-state index contributed by atoms with van der Waals surface area (Å²) in [6.45, 7) is 4.61. The van der Waals surface area contributed by atoms with Gasteiger partial charge in [0.25, 0.3) is 0 Å². The van der Waals surface area contributed by atoms with Crippen molar-refractivity contribution in [2.45, 2.75) is 32.0 Å². The summed E-state index contributed by atoms with van der Waals surface area (Å²) in [5.41, 5.74) is 1.70. The predicted octanol–water partition coefficient (Wildman–Crippen LogP) is 3.81. The van der Waals surface area contributed by atoms with E-state index in [4.69, 9.17) is 26.4 Å². The van der Waals surface area contributed by atoms with Crippen molar-refractivity contribution < 1.29 is 19.0 Å². The lowest BCUT2D eigenvalue weighted by Crippen LogP contribution is -2.65. The van der Waals surface area contributed by atoms with Gasteiger partial charge >= 0.3 is 5.97 Å². The maximum absolute atomic E-state index is 11.9. The molecule has 0 aliphatic carbocycles. The lowest BCUT2D eigenvalue weighted by atomic mass is 9.89. The van der Waals surface area contributed by atoms with E-state index in [-0.39, 0.29) is 12.0 Å². The summed E-state index contributed by atoms with van der Waals surface area (Å²) in [7, 11) is 1.37. The first-order valence-corrected chi connectivity index (χ1v) is 9.61. The number of hydrogen-bond acceptors (Lipinski definition) is 5. The zero-order chi connectivity index (χ0) is 19.9. The molecule has 1 fully saturated rings. The van der Waals surface area contributed by atoms with Gasteiger partial charge in [-0.2, -0.15) is 0 Å². The third-order valence-corrected chi connectivity index (χ3v) is 5.40. The second kappa shape index (κ2) is 6.98. The SMILES string of the molecule is CCOc1ccc(N2C(=S)NC3CC2(C)Oc2ccc(C(=O)OC)cc23)cc1. The fourth-order valence-electron chi connectivity index (χ4n) is 3.87. The summed E-state index contributed by atoms with van der Waals surface area (Å²) in [5, 5.41) is 3.98. The van der Waals surface area contributed by atoms with Gasteiger partial charge in [-0.05, 0) is 68.5 Å². The van der Waals surface area contributed by atoms with E-state index in [0.717, 1.165) is 22.7 Å². The third kappa shape index (κ3) is 3.05. The number of ether oxygens (including phenoxy) is 3. The van der Waals surface area contributed by atoms with E-state index in [1.807, 2.05) is 55.1 Å². The number of hydrogen-bond donors (Lipinski definition) is 1. The first-order valence-electron chi connectivity index (χ1n) is 9.20. The lowest BCUT2D eigenvalue weighted by Gasteiger charge is -2.52. The largest absolute Gasteiger partial charge is 0.494 e. The van der Waals surface area contributed by atoms with Crippen LogP contribution in [-0.2, 0) is 4.74 Å². The van der Waals surface area contributed by atoms with E-state index in [2.05, 4.69) is 5.32 Å². The van der Waals surface area contributed by atoms with Crippen molar-refractivity contribution in [1.82, 2.24) is 5.32 Å². The van der Waals surface area contributed by atoms with Crippen molar-refractivity contribution >= 4 is 29.0 Å². The Labute approximate surface area is 169 Å². The van der Waals surface area contributed by atoms with Crippen molar-refractivity contribution in [2.24, 2.45) is 0 Å². The Kier molecular flexibility index (Phi) is 4.63. The van der Waals surface area contributed by atoms with E-state index >= 15 is 0 Å². The number of carbonyl (C=O) groups is 1. The zero-order valence-electron chi connectivity index (χ0n) is 16.0. The number of benzene rings is 2. The van der Waals surface area contributed by atoms with Crippen molar-refractivity contribution in [1.29, 1.82) is 0 Å². The Balaban J connectivity index is 1.68. The molecule has 6 nitrogen and oxygen atoms in total. The van der Waals surface area contributed by atoms with Gasteiger partial charge in [0.15, 0.2) is 10.8 Å². The van der Waals surface area contributed by atoms with Crippen LogP contribution in [0.1, 0.15) is 42.2 Å². The van der Waals surface area contributed by atoms with Gasteiger partial charge in [-0.3, -0.25) is 4.90 Å². The summed E-state index contributed by atoms with van der Waals surface area (Å²) in [5.74, 6) is 1.18. The van der Waals surface area contributed by atoms with Crippen LogP contribution in [0.4, 0.5) is 5.69 Å². The van der Waals surface area contributed by atoms with Crippen molar-refractivity contribution in [3.8, 4) is 11.5 Å². The highest BCUT2D eigenvalue weighted by Crippen LogP contribution is 2.46. The fraction of sp³-hybridized carbons (Fsp3) is 0.333. The van der Waals surface area contributed by atoms with Gasteiger partial charge in [0.2, 0.25) is 0 Å². The molecule has 2 atom stereocenters. The van der Waals surface area contributed by atoms with Gasteiger partial charge in [0.05, 0.1) is 25.3 Å². The smallest absolute Gasteiger partial charge is 0.337 e. The average Bonchev–Trinajstić information content (AvgIpc) is 2.68. The van der Waals surface area contributed by atoms with E-state index in [1.165, 1.54) is 7.11 Å². The third-order valence-electron chi connectivity index (χ3n) is 5.10. The van der Waals surface area contributed by atoms with Crippen LogP contribution >= 0.6 is 12.2 Å². The lowest BCUT2D eigenvalue weighted by molar-refractivity contribution is 0.0494. The summed E-state index contributed by atoms with van der Waals surface area (Å²) in [4.78, 5) is 13.9. The number of nitrogens with one attached hydrogen (secondary N) is 1. The maximum Gasteiger partial charge on any atom is 0.337 e. The molecule has 2 unspecified atom stereocenters. The van der Waals surface area contributed by atoms with E-state index < -0.39 is 5.72 Å². The van der Waals surface area contributed by atoms with Crippen LogP contribution < -0.4 is 19.7 Å². The number of esters is 1. The molecule has 146 valence electrons. The van der Waals surface area contributed by atoms with E-state index in [0.29, 0.717) is 23.7 Å². The Hall–Kier alpha value is -2.80. The molecular weight excluding hydrogens is 376 g/mol. The molecule has 0 aromatic heterocycles. The molecule has 2 aliphatic rings. The molecule has 1 N–H and O–H groups in total. The van der Waals surface area contributed by atoms with Crippen LogP contribution in [0.15, 0.2) is 42.5 Å².